The number of halogens is 1. The topological polar surface area (TPSA) is 26.3 Å². The van der Waals surface area contributed by atoms with E-state index in [0.29, 0.717) is 11.1 Å². The molecule has 0 aliphatic carbocycles. The molecule has 3 heteroatoms. The molecule has 58 valence electrons. The predicted octanol–water partition coefficient (Wildman–Crippen LogP) is 2.24. The molecule has 0 rings (SSSR count). The first-order chi connectivity index (χ1) is 4.70. The van der Waals surface area contributed by atoms with Gasteiger partial charge in [0.1, 0.15) is 5.76 Å². The van der Waals surface area contributed by atoms with Crippen LogP contribution in [0.1, 0.15) is 20.3 Å². The van der Waals surface area contributed by atoms with Crippen LogP contribution in [0, 0.1) is 0 Å². The second-order valence-corrected chi connectivity index (χ2v) is 2.37. The van der Waals surface area contributed by atoms with E-state index < -0.39 is 0 Å². The first-order valence-corrected chi connectivity index (χ1v) is 4.26. The number of alkyl halides is 1. The Balaban J connectivity index is 3.83. The normalized spacial score (nSPS) is 11.3. The van der Waals surface area contributed by atoms with Crippen molar-refractivity contribution in [2.24, 2.45) is 0 Å². The maximum atomic E-state index is 10.4. The summed E-state index contributed by atoms with van der Waals surface area (Å²) in [4.78, 5) is 10.4. The average Bonchev–Trinajstić information content (AvgIpc) is 1.86. The lowest BCUT2D eigenvalue weighted by Crippen LogP contribution is -1.99. The fraction of sp³-hybridized carbons (Fsp3) is 0.571. The van der Waals surface area contributed by atoms with Crippen molar-refractivity contribution >= 4 is 21.9 Å². The molecule has 10 heavy (non-hydrogen) atoms. The third-order valence-electron chi connectivity index (χ3n) is 0.838. The largest absolute Gasteiger partial charge is 0.431 e. The molecule has 0 aliphatic heterocycles. The number of carbonyl (C=O) groups excluding carboxylic acids is 1. The van der Waals surface area contributed by atoms with Gasteiger partial charge in [-0.25, -0.2) is 0 Å². The summed E-state index contributed by atoms with van der Waals surface area (Å²) in [6, 6.07) is 0. The van der Waals surface area contributed by atoms with Crippen molar-refractivity contribution in [2.45, 2.75) is 20.3 Å². The molecule has 0 saturated heterocycles. The van der Waals surface area contributed by atoms with Crippen LogP contribution in [0.5, 0.6) is 0 Å². The molecule has 0 radical (unpaired) electrons. The fourth-order valence-electron chi connectivity index (χ4n) is 0.536. The van der Waals surface area contributed by atoms with Gasteiger partial charge in [0.25, 0.3) is 0 Å². The number of ether oxygens (including phenoxy) is 1. The molecule has 0 aromatic carbocycles. The van der Waals surface area contributed by atoms with Crippen LogP contribution in [0.3, 0.4) is 0 Å². The molecule has 0 atom stereocenters. The van der Waals surface area contributed by atoms with Crippen molar-refractivity contribution in [1.82, 2.24) is 0 Å². The molecule has 0 bridgehead atoms. The molecule has 0 aliphatic rings. The van der Waals surface area contributed by atoms with Crippen LogP contribution in [0.2, 0.25) is 0 Å². The van der Waals surface area contributed by atoms with Gasteiger partial charge in [-0.3, -0.25) is 4.79 Å². The highest BCUT2D eigenvalue weighted by atomic mass is 79.9. The average molecular weight is 207 g/mol. The van der Waals surface area contributed by atoms with Crippen molar-refractivity contribution in [1.29, 1.82) is 0 Å². The Morgan fingerprint density at radius 3 is 2.60 bits per heavy atom. The van der Waals surface area contributed by atoms with Crippen LogP contribution in [-0.2, 0) is 9.53 Å². The molecule has 0 fully saturated rings. The molecule has 0 heterocycles. The van der Waals surface area contributed by atoms with E-state index in [9.17, 15) is 4.79 Å². The van der Waals surface area contributed by atoms with Crippen LogP contribution in [0.25, 0.3) is 0 Å². The number of allylic oxidation sites excluding steroid dienone is 2. The lowest BCUT2D eigenvalue weighted by Gasteiger charge is -2.00. The predicted molar refractivity (Wildman–Crippen MR) is 43.9 cm³/mol. The summed E-state index contributed by atoms with van der Waals surface area (Å²) in [5.41, 5.74) is 0. The van der Waals surface area contributed by atoms with E-state index in [4.69, 9.17) is 4.74 Å². The Hall–Kier alpha value is -0.310. The molecule has 0 N–H and O–H groups in total. The highest BCUT2D eigenvalue weighted by Gasteiger charge is 1.97. The Morgan fingerprint density at radius 1 is 1.70 bits per heavy atom. The third kappa shape index (κ3) is 4.56. The number of hydrogen-bond acceptors (Lipinski definition) is 2. The van der Waals surface area contributed by atoms with E-state index in [0.717, 1.165) is 6.42 Å². The molecule has 0 aromatic rings. The van der Waals surface area contributed by atoms with E-state index in [1.54, 1.807) is 0 Å². The molecule has 0 saturated carbocycles. The molecule has 2 nitrogen and oxygen atoms in total. The van der Waals surface area contributed by atoms with E-state index in [2.05, 4.69) is 15.9 Å². The Kier molecular flexibility index (Phi) is 5.30. The summed E-state index contributed by atoms with van der Waals surface area (Å²) in [7, 11) is 0. The van der Waals surface area contributed by atoms with E-state index in [1.165, 1.54) is 6.92 Å². The second kappa shape index (κ2) is 5.47. The molecule has 0 spiro atoms. The van der Waals surface area contributed by atoms with Crippen LogP contribution < -0.4 is 0 Å². The van der Waals surface area contributed by atoms with Crippen molar-refractivity contribution < 1.29 is 9.53 Å². The quantitative estimate of drug-likeness (QED) is 0.403. The fourth-order valence-corrected chi connectivity index (χ4v) is 0.879. The smallest absolute Gasteiger partial charge is 0.307 e. The highest BCUT2D eigenvalue weighted by molar-refractivity contribution is 9.09. The van der Waals surface area contributed by atoms with Crippen LogP contribution in [-0.4, -0.2) is 11.3 Å². The van der Waals surface area contributed by atoms with Gasteiger partial charge in [-0.05, 0) is 12.5 Å². The summed E-state index contributed by atoms with van der Waals surface area (Å²) in [5.74, 6) is 0.425. The van der Waals surface area contributed by atoms with E-state index in [1.807, 2.05) is 13.0 Å². The number of rotatable bonds is 3. The monoisotopic (exact) mass is 206 g/mol. The zero-order chi connectivity index (χ0) is 7.98. The van der Waals surface area contributed by atoms with Crippen molar-refractivity contribution in [3.05, 3.63) is 11.8 Å². The van der Waals surface area contributed by atoms with Gasteiger partial charge >= 0.3 is 5.97 Å². The SMILES string of the molecule is CC/C=C(/CBr)OC(C)=O. The van der Waals surface area contributed by atoms with Gasteiger partial charge in [-0.1, -0.05) is 22.9 Å². The van der Waals surface area contributed by atoms with Gasteiger partial charge in [0.15, 0.2) is 0 Å². The van der Waals surface area contributed by atoms with E-state index in [-0.39, 0.29) is 5.97 Å². The molecular weight excluding hydrogens is 196 g/mol. The number of esters is 1. The van der Waals surface area contributed by atoms with Gasteiger partial charge in [-0.15, -0.1) is 0 Å². The van der Waals surface area contributed by atoms with Crippen molar-refractivity contribution in [2.75, 3.05) is 5.33 Å². The number of hydrogen-bond donors (Lipinski definition) is 0. The summed E-state index contributed by atoms with van der Waals surface area (Å²) in [6.07, 6.45) is 2.75. The maximum absolute atomic E-state index is 10.4. The summed E-state index contributed by atoms with van der Waals surface area (Å²) in [5, 5.41) is 0.598. The molecule has 0 aromatic heterocycles. The van der Waals surface area contributed by atoms with Gasteiger partial charge < -0.3 is 4.74 Å². The number of carbonyl (C=O) groups is 1. The standard InChI is InChI=1S/C7H11BrO2/c1-3-4-7(5-8)10-6(2)9/h4H,3,5H2,1-2H3/b7-4-. The van der Waals surface area contributed by atoms with Gasteiger partial charge in [-0.2, -0.15) is 0 Å². The minimum atomic E-state index is -0.265. The van der Waals surface area contributed by atoms with Crippen LogP contribution >= 0.6 is 15.9 Å². The van der Waals surface area contributed by atoms with Gasteiger partial charge in [0.2, 0.25) is 0 Å². The minimum absolute atomic E-state index is 0.265. The minimum Gasteiger partial charge on any atom is -0.431 e. The van der Waals surface area contributed by atoms with Crippen LogP contribution in [0.4, 0.5) is 0 Å². The summed E-state index contributed by atoms with van der Waals surface area (Å²) in [6.45, 7) is 3.39. The Labute approximate surface area is 69.4 Å². The Morgan fingerprint density at radius 2 is 2.30 bits per heavy atom. The van der Waals surface area contributed by atoms with Crippen LogP contribution in [0.15, 0.2) is 11.8 Å². The third-order valence-corrected chi connectivity index (χ3v) is 1.39. The van der Waals surface area contributed by atoms with Gasteiger partial charge in [0.05, 0.1) is 5.33 Å². The van der Waals surface area contributed by atoms with Gasteiger partial charge in [0, 0.05) is 6.92 Å². The summed E-state index contributed by atoms with van der Waals surface area (Å²) >= 11 is 3.20. The lowest BCUT2D eigenvalue weighted by molar-refractivity contribution is -0.136. The second-order valence-electron chi connectivity index (χ2n) is 1.81. The lowest BCUT2D eigenvalue weighted by atomic mass is 10.4. The van der Waals surface area contributed by atoms with Crippen molar-refractivity contribution in [3.8, 4) is 0 Å². The zero-order valence-corrected chi connectivity index (χ0v) is 7.77. The first-order valence-electron chi connectivity index (χ1n) is 3.14. The highest BCUT2D eigenvalue weighted by Crippen LogP contribution is 2.03. The molecular formula is C7H11BrO2. The van der Waals surface area contributed by atoms with Crippen molar-refractivity contribution in [3.63, 3.8) is 0 Å². The summed E-state index contributed by atoms with van der Waals surface area (Å²) < 4.78 is 4.82. The Bertz CT molecular complexity index is 141. The molecule has 0 amide bonds. The first kappa shape index (κ1) is 9.69. The molecule has 0 unspecified atom stereocenters. The maximum Gasteiger partial charge on any atom is 0.307 e. The van der Waals surface area contributed by atoms with E-state index >= 15 is 0 Å². The zero-order valence-electron chi connectivity index (χ0n) is 6.19.